The zero-order chi connectivity index (χ0) is 14.4. The average Bonchev–Trinajstić information content (AvgIpc) is 2.99. The quantitative estimate of drug-likeness (QED) is 0.803. The van der Waals surface area contributed by atoms with Crippen LogP contribution in [0.3, 0.4) is 0 Å². The third-order valence-electron chi connectivity index (χ3n) is 5.15. The lowest BCUT2D eigenvalue weighted by Gasteiger charge is -2.35. The third kappa shape index (κ3) is 4.44. The highest BCUT2D eigenvalue weighted by Gasteiger charge is 2.25. The van der Waals surface area contributed by atoms with Crippen molar-refractivity contribution in [1.29, 1.82) is 5.26 Å². The van der Waals surface area contributed by atoms with Gasteiger partial charge in [0.1, 0.15) is 5.54 Å². The summed E-state index contributed by atoms with van der Waals surface area (Å²) in [5, 5.41) is 12.3. The molecule has 2 saturated heterocycles. The molecule has 1 N–H and O–H groups in total. The minimum absolute atomic E-state index is 0.369. The Morgan fingerprint density at radius 1 is 1.15 bits per heavy atom. The minimum atomic E-state index is -0.369. The Morgan fingerprint density at radius 2 is 1.80 bits per heavy atom. The van der Waals surface area contributed by atoms with Gasteiger partial charge in [-0.2, -0.15) is 5.26 Å². The zero-order valence-electron chi connectivity index (χ0n) is 13.2. The Morgan fingerprint density at radius 3 is 2.35 bits per heavy atom. The molecule has 20 heavy (non-hydrogen) atoms. The van der Waals surface area contributed by atoms with Crippen molar-refractivity contribution in [3.8, 4) is 6.07 Å². The molecule has 1 unspecified atom stereocenters. The Labute approximate surface area is 124 Å². The van der Waals surface area contributed by atoms with Crippen molar-refractivity contribution >= 4 is 0 Å². The number of nitrogens with zero attached hydrogens (tertiary/aromatic N) is 3. The predicted molar refractivity (Wildman–Crippen MR) is 82.5 cm³/mol. The van der Waals surface area contributed by atoms with E-state index in [4.69, 9.17) is 0 Å². The average molecular weight is 278 g/mol. The molecule has 0 spiro atoms. The summed E-state index contributed by atoms with van der Waals surface area (Å²) in [6.07, 6.45) is 6.38. The first kappa shape index (κ1) is 15.8. The summed E-state index contributed by atoms with van der Waals surface area (Å²) in [6, 6.07) is 2.38. The van der Waals surface area contributed by atoms with E-state index in [1.165, 1.54) is 58.4 Å². The lowest BCUT2D eigenvalue weighted by Crippen LogP contribution is -2.44. The molecule has 2 aliphatic heterocycles. The smallest absolute Gasteiger partial charge is 0.104 e. The Balaban J connectivity index is 1.65. The van der Waals surface area contributed by atoms with E-state index in [1.54, 1.807) is 0 Å². The Kier molecular flexibility index (Phi) is 5.83. The summed E-state index contributed by atoms with van der Waals surface area (Å²) in [4.78, 5) is 5.18. The first-order valence-electron chi connectivity index (χ1n) is 8.20. The number of nitriles is 1. The molecule has 1 atom stereocenters. The van der Waals surface area contributed by atoms with Crippen LogP contribution < -0.4 is 5.32 Å². The van der Waals surface area contributed by atoms with Gasteiger partial charge in [-0.25, -0.2) is 0 Å². The van der Waals surface area contributed by atoms with Crippen LogP contribution in [0, 0.1) is 17.2 Å². The second kappa shape index (κ2) is 7.40. The molecule has 2 rings (SSSR count). The standard InChI is InChI=1S/C16H30N4/c1-16(14-17,18-2)7-12-19-10-5-15(6-11-19)13-20-8-3-4-9-20/h15,18H,3-13H2,1-2H3. The van der Waals surface area contributed by atoms with Gasteiger partial charge < -0.3 is 15.1 Å². The van der Waals surface area contributed by atoms with Gasteiger partial charge in [-0.15, -0.1) is 0 Å². The van der Waals surface area contributed by atoms with E-state index < -0.39 is 0 Å². The van der Waals surface area contributed by atoms with Crippen molar-refractivity contribution in [2.45, 2.75) is 44.6 Å². The molecule has 0 radical (unpaired) electrons. The van der Waals surface area contributed by atoms with Crippen molar-refractivity contribution in [2.75, 3.05) is 46.3 Å². The molecule has 0 amide bonds. The highest BCUT2D eigenvalue weighted by atomic mass is 15.2. The molecular weight excluding hydrogens is 248 g/mol. The van der Waals surface area contributed by atoms with Crippen molar-refractivity contribution in [2.24, 2.45) is 5.92 Å². The molecule has 4 nitrogen and oxygen atoms in total. The summed E-state index contributed by atoms with van der Waals surface area (Å²) < 4.78 is 0. The first-order chi connectivity index (χ1) is 9.65. The molecule has 2 heterocycles. The van der Waals surface area contributed by atoms with Crippen LogP contribution in [-0.2, 0) is 0 Å². The normalized spacial score (nSPS) is 25.4. The van der Waals surface area contributed by atoms with E-state index in [1.807, 2.05) is 14.0 Å². The second-order valence-corrected chi connectivity index (χ2v) is 6.74. The molecule has 0 saturated carbocycles. The van der Waals surface area contributed by atoms with E-state index in [2.05, 4.69) is 21.2 Å². The summed E-state index contributed by atoms with van der Waals surface area (Å²) in [5.74, 6) is 0.899. The van der Waals surface area contributed by atoms with Crippen LogP contribution in [0.4, 0.5) is 0 Å². The van der Waals surface area contributed by atoms with Crippen LogP contribution in [0.15, 0.2) is 0 Å². The number of nitrogens with one attached hydrogen (secondary N) is 1. The highest BCUT2D eigenvalue weighted by Crippen LogP contribution is 2.21. The van der Waals surface area contributed by atoms with E-state index in [-0.39, 0.29) is 5.54 Å². The van der Waals surface area contributed by atoms with E-state index in [0.29, 0.717) is 0 Å². The number of piperidine rings is 1. The molecule has 4 heteroatoms. The van der Waals surface area contributed by atoms with Gasteiger partial charge in [0.05, 0.1) is 6.07 Å². The number of hydrogen-bond acceptors (Lipinski definition) is 4. The lowest BCUT2D eigenvalue weighted by atomic mass is 9.94. The van der Waals surface area contributed by atoms with Gasteiger partial charge in [-0.3, -0.25) is 0 Å². The van der Waals surface area contributed by atoms with Crippen LogP contribution >= 0.6 is 0 Å². The monoisotopic (exact) mass is 278 g/mol. The fraction of sp³-hybridized carbons (Fsp3) is 0.938. The maximum absolute atomic E-state index is 9.18. The minimum Gasteiger partial charge on any atom is -0.303 e. The van der Waals surface area contributed by atoms with Crippen molar-refractivity contribution in [1.82, 2.24) is 15.1 Å². The van der Waals surface area contributed by atoms with Crippen LogP contribution in [0.1, 0.15) is 39.0 Å². The molecule has 0 bridgehead atoms. The molecule has 0 aromatic carbocycles. The van der Waals surface area contributed by atoms with Gasteiger partial charge in [0.25, 0.3) is 0 Å². The van der Waals surface area contributed by atoms with Gasteiger partial charge in [-0.05, 0) is 78.2 Å². The predicted octanol–water partition coefficient (Wildman–Crippen LogP) is 1.69. The van der Waals surface area contributed by atoms with Crippen LogP contribution in [0.25, 0.3) is 0 Å². The van der Waals surface area contributed by atoms with Crippen LogP contribution in [0.2, 0.25) is 0 Å². The maximum atomic E-state index is 9.18. The summed E-state index contributed by atoms with van der Waals surface area (Å²) >= 11 is 0. The third-order valence-corrected chi connectivity index (χ3v) is 5.15. The fourth-order valence-corrected chi connectivity index (χ4v) is 3.34. The maximum Gasteiger partial charge on any atom is 0.104 e. The van der Waals surface area contributed by atoms with E-state index in [9.17, 15) is 5.26 Å². The summed E-state index contributed by atoms with van der Waals surface area (Å²) in [7, 11) is 1.88. The lowest BCUT2D eigenvalue weighted by molar-refractivity contribution is 0.147. The van der Waals surface area contributed by atoms with Gasteiger partial charge in [0, 0.05) is 13.1 Å². The zero-order valence-corrected chi connectivity index (χ0v) is 13.2. The molecule has 2 fully saturated rings. The Hall–Kier alpha value is -0.630. The van der Waals surface area contributed by atoms with E-state index >= 15 is 0 Å². The molecule has 114 valence electrons. The molecule has 0 aliphatic carbocycles. The van der Waals surface area contributed by atoms with Crippen LogP contribution in [0.5, 0.6) is 0 Å². The molecule has 0 aromatic heterocycles. The SMILES string of the molecule is CNC(C)(C#N)CCN1CCC(CN2CCCC2)CC1. The summed E-state index contributed by atoms with van der Waals surface area (Å²) in [5.41, 5.74) is -0.369. The van der Waals surface area contributed by atoms with Crippen molar-refractivity contribution in [3.63, 3.8) is 0 Å². The van der Waals surface area contributed by atoms with Gasteiger partial charge in [0.2, 0.25) is 0 Å². The first-order valence-corrected chi connectivity index (χ1v) is 8.20. The number of likely N-dealkylation sites (tertiary alicyclic amines) is 2. The van der Waals surface area contributed by atoms with Gasteiger partial charge in [-0.1, -0.05) is 0 Å². The summed E-state index contributed by atoms with van der Waals surface area (Å²) in [6.45, 7) is 9.42. The second-order valence-electron chi connectivity index (χ2n) is 6.74. The van der Waals surface area contributed by atoms with Crippen molar-refractivity contribution < 1.29 is 0 Å². The largest absolute Gasteiger partial charge is 0.303 e. The fourth-order valence-electron chi connectivity index (χ4n) is 3.34. The number of hydrogen-bond donors (Lipinski definition) is 1. The molecule has 2 aliphatic rings. The highest BCUT2D eigenvalue weighted by molar-refractivity contribution is 5.03. The molecular formula is C16H30N4. The van der Waals surface area contributed by atoms with E-state index in [0.717, 1.165) is 18.9 Å². The number of rotatable bonds is 6. The topological polar surface area (TPSA) is 42.3 Å². The molecule has 0 aromatic rings. The van der Waals surface area contributed by atoms with Crippen LogP contribution in [-0.4, -0.2) is 61.7 Å². The van der Waals surface area contributed by atoms with Gasteiger partial charge in [0.15, 0.2) is 0 Å². The Bertz CT molecular complexity index is 324. The van der Waals surface area contributed by atoms with Gasteiger partial charge >= 0.3 is 0 Å². The van der Waals surface area contributed by atoms with Crippen molar-refractivity contribution in [3.05, 3.63) is 0 Å².